The van der Waals surface area contributed by atoms with Crippen LogP contribution >= 0.6 is 15.9 Å². The first kappa shape index (κ1) is 21.5. The maximum absolute atomic E-state index is 12.9. The van der Waals surface area contributed by atoms with Crippen molar-refractivity contribution in [2.24, 2.45) is 5.10 Å². The highest BCUT2D eigenvalue weighted by atomic mass is 79.9. The molecule has 3 amide bonds. The van der Waals surface area contributed by atoms with E-state index in [9.17, 15) is 23.5 Å². The zero-order valence-electron chi connectivity index (χ0n) is 15.7. The number of aromatic hydroxyl groups is 1. The second kappa shape index (κ2) is 8.27. The first-order valence-electron chi connectivity index (χ1n) is 8.48. The molecule has 30 heavy (non-hydrogen) atoms. The maximum atomic E-state index is 12.9. The van der Waals surface area contributed by atoms with Crippen molar-refractivity contribution in [1.82, 2.24) is 10.3 Å². The lowest BCUT2D eigenvalue weighted by Gasteiger charge is -2.21. The standard InChI is InChI=1S/C19H16BrF2N3O5/c1-19(11-3-5-12(6-4-11)30-17(21)22)16(27)25(18(28)24-19)23-9-10-7-13(20)15(26)14(8-10)29-2/h3-9,17,26H,1-2H3,(H,24,28)/b23-9+/t19-/m1/s1. The van der Waals surface area contributed by atoms with Crippen LogP contribution in [-0.4, -0.2) is 42.0 Å². The van der Waals surface area contributed by atoms with Gasteiger partial charge >= 0.3 is 12.6 Å². The van der Waals surface area contributed by atoms with Gasteiger partial charge in [0, 0.05) is 0 Å². The van der Waals surface area contributed by atoms with Crippen LogP contribution in [0.4, 0.5) is 13.6 Å². The molecule has 1 fully saturated rings. The predicted octanol–water partition coefficient (Wildman–Crippen LogP) is 3.57. The first-order chi connectivity index (χ1) is 14.2. The molecule has 3 rings (SSSR count). The Morgan fingerprint density at radius 2 is 1.93 bits per heavy atom. The number of imide groups is 1. The maximum Gasteiger partial charge on any atom is 0.387 e. The topological polar surface area (TPSA) is 100 Å². The van der Waals surface area contributed by atoms with Gasteiger partial charge in [0.2, 0.25) is 0 Å². The van der Waals surface area contributed by atoms with Crippen molar-refractivity contribution in [2.75, 3.05) is 7.11 Å². The largest absolute Gasteiger partial charge is 0.503 e. The number of benzene rings is 2. The summed E-state index contributed by atoms with van der Waals surface area (Å²) in [4.78, 5) is 25.2. The van der Waals surface area contributed by atoms with Crippen LogP contribution in [0.25, 0.3) is 0 Å². The summed E-state index contributed by atoms with van der Waals surface area (Å²) in [5, 5.41) is 17.0. The lowest BCUT2D eigenvalue weighted by atomic mass is 9.92. The van der Waals surface area contributed by atoms with Gasteiger partial charge in [0.25, 0.3) is 5.91 Å². The van der Waals surface area contributed by atoms with Gasteiger partial charge in [-0.3, -0.25) is 4.79 Å². The number of halogens is 3. The number of phenols is 1. The molecule has 0 aromatic heterocycles. The third-order valence-electron chi connectivity index (χ3n) is 4.42. The van der Waals surface area contributed by atoms with Crippen LogP contribution < -0.4 is 14.8 Å². The summed E-state index contributed by atoms with van der Waals surface area (Å²) in [6.45, 7) is -1.49. The van der Waals surface area contributed by atoms with Crippen LogP contribution in [0.1, 0.15) is 18.1 Å². The molecule has 158 valence electrons. The summed E-state index contributed by atoms with van der Waals surface area (Å²) in [5.41, 5.74) is -0.612. The molecular formula is C19H16BrF2N3O5. The van der Waals surface area contributed by atoms with Gasteiger partial charge in [-0.25, -0.2) is 4.79 Å². The molecule has 0 bridgehead atoms. The molecule has 2 N–H and O–H groups in total. The zero-order chi connectivity index (χ0) is 22.1. The Morgan fingerprint density at radius 1 is 1.27 bits per heavy atom. The minimum atomic E-state index is -2.97. The molecule has 0 saturated carbocycles. The second-order valence-electron chi connectivity index (χ2n) is 6.37. The summed E-state index contributed by atoms with van der Waals surface area (Å²) < 4.78 is 34.3. The number of carbonyl (C=O) groups is 2. The van der Waals surface area contributed by atoms with E-state index in [1.165, 1.54) is 56.6 Å². The molecule has 0 aliphatic carbocycles. The number of methoxy groups -OCH3 is 1. The van der Waals surface area contributed by atoms with Crippen LogP contribution in [0.15, 0.2) is 46.0 Å². The third-order valence-corrected chi connectivity index (χ3v) is 5.02. The van der Waals surface area contributed by atoms with Crippen molar-refractivity contribution >= 4 is 34.1 Å². The Bertz CT molecular complexity index is 1020. The number of ether oxygens (including phenoxy) is 2. The van der Waals surface area contributed by atoms with Crippen molar-refractivity contribution in [1.29, 1.82) is 0 Å². The van der Waals surface area contributed by atoms with Crippen molar-refractivity contribution in [3.05, 3.63) is 52.0 Å². The van der Waals surface area contributed by atoms with E-state index in [2.05, 4.69) is 31.1 Å². The fourth-order valence-corrected chi connectivity index (χ4v) is 3.30. The average molecular weight is 484 g/mol. The number of hydrazone groups is 1. The van der Waals surface area contributed by atoms with Crippen molar-refractivity contribution in [3.8, 4) is 17.2 Å². The van der Waals surface area contributed by atoms with Crippen molar-refractivity contribution in [2.45, 2.75) is 19.1 Å². The molecule has 1 aliphatic rings. The highest BCUT2D eigenvalue weighted by molar-refractivity contribution is 9.10. The zero-order valence-corrected chi connectivity index (χ0v) is 17.3. The van der Waals surface area contributed by atoms with Crippen LogP contribution in [0.3, 0.4) is 0 Å². The molecule has 11 heteroatoms. The van der Waals surface area contributed by atoms with Crippen molar-refractivity contribution in [3.63, 3.8) is 0 Å². The highest BCUT2D eigenvalue weighted by Crippen LogP contribution is 2.35. The van der Waals surface area contributed by atoms with Gasteiger partial charge in [-0.1, -0.05) is 12.1 Å². The Labute approximate surface area is 178 Å². The van der Waals surface area contributed by atoms with E-state index in [-0.39, 0.29) is 17.2 Å². The Morgan fingerprint density at radius 3 is 2.53 bits per heavy atom. The Hall–Kier alpha value is -3.21. The molecule has 0 spiro atoms. The number of urea groups is 1. The minimum Gasteiger partial charge on any atom is -0.503 e. The molecule has 1 heterocycles. The van der Waals surface area contributed by atoms with E-state index in [1.54, 1.807) is 0 Å². The smallest absolute Gasteiger partial charge is 0.387 e. The monoisotopic (exact) mass is 483 g/mol. The fourth-order valence-electron chi connectivity index (χ4n) is 2.84. The van der Waals surface area contributed by atoms with Gasteiger partial charge in [0.05, 0.1) is 17.8 Å². The summed E-state index contributed by atoms with van der Waals surface area (Å²) in [7, 11) is 1.38. The number of carbonyl (C=O) groups excluding carboxylic acids is 2. The summed E-state index contributed by atoms with van der Waals surface area (Å²) in [6.07, 6.45) is 1.26. The van der Waals surface area contributed by atoms with Gasteiger partial charge in [-0.2, -0.15) is 13.9 Å². The van der Waals surface area contributed by atoms with Crippen LogP contribution in [0.2, 0.25) is 0 Å². The lowest BCUT2D eigenvalue weighted by molar-refractivity contribution is -0.131. The van der Waals surface area contributed by atoms with E-state index in [0.29, 0.717) is 20.6 Å². The average Bonchev–Trinajstić information content (AvgIpc) is 2.92. The van der Waals surface area contributed by atoms with Crippen LogP contribution in [-0.2, 0) is 10.3 Å². The van der Waals surface area contributed by atoms with Gasteiger partial charge in [0.15, 0.2) is 11.5 Å². The van der Waals surface area contributed by atoms with Crippen molar-refractivity contribution < 1.29 is 33.0 Å². The number of phenolic OH excluding ortho intramolecular Hbond substituents is 1. The van der Waals surface area contributed by atoms with Gasteiger partial charge in [-0.15, -0.1) is 5.01 Å². The summed E-state index contributed by atoms with van der Waals surface area (Å²) in [6, 6.07) is 7.62. The minimum absolute atomic E-state index is 0.0733. The molecule has 1 atom stereocenters. The van der Waals surface area contributed by atoms with Gasteiger partial charge < -0.3 is 19.9 Å². The molecule has 0 radical (unpaired) electrons. The number of alkyl halides is 2. The molecular weight excluding hydrogens is 468 g/mol. The Kier molecular flexibility index (Phi) is 5.92. The number of nitrogens with zero attached hydrogens (tertiary/aromatic N) is 2. The van der Waals surface area contributed by atoms with E-state index in [0.717, 1.165) is 0 Å². The first-order valence-corrected chi connectivity index (χ1v) is 9.27. The van der Waals surface area contributed by atoms with E-state index >= 15 is 0 Å². The van der Waals surface area contributed by atoms with Gasteiger partial charge in [-0.05, 0) is 58.2 Å². The highest BCUT2D eigenvalue weighted by Gasteiger charge is 2.49. The summed E-state index contributed by atoms with van der Waals surface area (Å²) in [5.74, 6) is -0.651. The number of amides is 3. The van der Waals surface area contributed by atoms with Crippen LogP contribution in [0, 0.1) is 0 Å². The van der Waals surface area contributed by atoms with Gasteiger partial charge in [0.1, 0.15) is 11.3 Å². The number of rotatable bonds is 6. The fraction of sp³-hybridized carbons (Fsp3) is 0.211. The second-order valence-corrected chi connectivity index (χ2v) is 7.23. The molecule has 2 aromatic carbocycles. The normalized spacial score (nSPS) is 18.9. The quantitative estimate of drug-likeness (QED) is 0.483. The number of nitrogens with one attached hydrogen (secondary N) is 1. The molecule has 0 unspecified atom stereocenters. The Balaban J connectivity index is 1.84. The van der Waals surface area contributed by atoms with E-state index in [1.807, 2.05) is 0 Å². The third kappa shape index (κ3) is 4.06. The molecule has 2 aromatic rings. The lowest BCUT2D eigenvalue weighted by Crippen LogP contribution is -2.40. The number of hydrogen-bond donors (Lipinski definition) is 2. The molecule has 1 aliphatic heterocycles. The SMILES string of the molecule is COc1cc(/C=N/N2C(=O)N[C@](C)(c3ccc(OC(F)F)cc3)C2=O)cc(Br)c1O. The van der Waals surface area contributed by atoms with E-state index < -0.39 is 24.1 Å². The van der Waals surface area contributed by atoms with Crippen LogP contribution in [0.5, 0.6) is 17.2 Å². The molecule has 1 saturated heterocycles. The molecule has 8 nitrogen and oxygen atoms in total. The summed E-state index contributed by atoms with van der Waals surface area (Å²) >= 11 is 3.18. The van der Waals surface area contributed by atoms with E-state index in [4.69, 9.17) is 4.74 Å². The predicted molar refractivity (Wildman–Crippen MR) is 106 cm³/mol. The number of hydrogen-bond acceptors (Lipinski definition) is 6.